The Morgan fingerprint density at radius 1 is 0.667 bits per heavy atom. The number of carbonyl (C=O) groups excluding carboxylic acids is 2. The molecule has 0 bridgehead atoms. The second-order valence-corrected chi connectivity index (χ2v) is 13.1. The number of rotatable bonds is 9. The first kappa shape index (κ1) is 29.3. The SMILES string of the molecule is CCc1ccc(C(=O)Nc2ccc3c(c2)Cc2cc(NC(=O)c4ccc(C[N+](C)(C)B[N+](C)(C)C)cc4)ccc2-3)cc1. The minimum atomic E-state index is -0.117. The van der Waals surface area contributed by atoms with Gasteiger partial charge in [0.2, 0.25) is 0 Å². The number of nitrogens with one attached hydrogen (secondary N) is 2. The number of nitrogens with zero attached hydrogens (tertiary/aromatic N) is 2. The molecule has 0 saturated carbocycles. The third kappa shape index (κ3) is 6.98. The number of hydrogen-bond acceptors (Lipinski definition) is 2. The molecular formula is C35H41BN4O2+2. The van der Waals surface area contributed by atoms with Crippen molar-refractivity contribution in [2.45, 2.75) is 26.3 Å². The van der Waals surface area contributed by atoms with Gasteiger partial charge in [0.15, 0.2) is 0 Å². The summed E-state index contributed by atoms with van der Waals surface area (Å²) in [6.07, 6.45) is 1.70. The Morgan fingerprint density at radius 2 is 1.12 bits per heavy atom. The van der Waals surface area contributed by atoms with E-state index in [1.54, 1.807) is 0 Å². The molecule has 214 valence electrons. The van der Waals surface area contributed by atoms with Crippen LogP contribution in [0.2, 0.25) is 0 Å². The molecule has 0 radical (unpaired) electrons. The molecule has 4 aromatic carbocycles. The van der Waals surface area contributed by atoms with Crippen molar-refractivity contribution in [3.05, 3.63) is 118 Å². The maximum absolute atomic E-state index is 13.1. The fraction of sp³-hybridized carbons (Fsp3) is 0.257. The zero-order valence-electron chi connectivity index (χ0n) is 25.6. The highest BCUT2D eigenvalue weighted by Crippen LogP contribution is 2.39. The van der Waals surface area contributed by atoms with Crippen molar-refractivity contribution in [3.63, 3.8) is 0 Å². The van der Waals surface area contributed by atoms with Crippen molar-refractivity contribution in [1.82, 2.24) is 0 Å². The van der Waals surface area contributed by atoms with Gasteiger partial charge in [0.1, 0.15) is 0 Å². The number of amides is 2. The maximum atomic E-state index is 13.1. The molecule has 1 aliphatic carbocycles. The van der Waals surface area contributed by atoms with Gasteiger partial charge >= 0.3 is 7.55 Å². The van der Waals surface area contributed by atoms with Gasteiger partial charge in [-0.2, -0.15) is 0 Å². The number of fused-ring (bicyclic) bond motifs is 3. The second kappa shape index (κ2) is 11.6. The average molecular weight is 561 g/mol. The van der Waals surface area contributed by atoms with E-state index in [2.05, 4.69) is 83.1 Å². The number of anilines is 2. The van der Waals surface area contributed by atoms with Crippen molar-refractivity contribution in [2.24, 2.45) is 0 Å². The molecule has 1 aliphatic rings. The summed E-state index contributed by atoms with van der Waals surface area (Å²) in [5.74, 6) is -0.229. The fourth-order valence-electron chi connectivity index (χ4n) is 6.12. The highest BCUT2D eigenvalue weighted by Gasteiger charge is 2.31. The third-order valence-corrected chi connectivity index (χ3v) is 7.66. The van der Waals surface area contributed by atoms with Crippen molar-refractivity contribution < 1.29 is 18.4 Å². The molecule has 0 aliphatic heterocycles. The van der Waals surface area contributed by atoms with Crippen molar-refractivity contribution >= 4 is 30.7 Å². The van der Waals surface area contributed by atoms with Crippen LogP contribution in [0.15, 0.2) is 84.9 Å². The van der Waals surface area contributed by atoms with Crippen LogP contribution >= 0.6 is 0 Å². The van der Waals surface area contributed by atoms with Crippen LogP contribution in [0.5, 0.6) is 0 Å². The first-order chi connectivity index (χ1) is 19.9. The van der Waals surface area contributed by atoms with Crippen LogP contribution in [-0.2, 0) is 19.4 Å². The summed E-state index contributed by atoms with van der Waals surface area (Å²) < 4.78 is 1.76. The van der Waals surface area contributed by atoms with Crippen LogP contribution in [-0.4, -0.2) is 63.4 Å². The number of aryl methyl sites for hydroxylation is 1. The Bertz CT molecular complexity index is 1620. The molecular weight excluding hydrogens is 519 g/mol. The summed E-state index contributed by atoms with van der Waals surface area (Å²) in [5, 5.41) is 6.11. The van der Waals surface area contributed by atoms with Gasteiger partial charge in [-0.25, -0.2) is 0 Å². The average Bonchev–Trinajstić information content (AvgIpc) is 3.28. The van der Waals surface area contributed by atoms with E-state index in [4.69, 9.17) is 0 Å². The quantitative estimate of drug-likeness (QED) is 0.222. The minimum absolute atomic E-state index is 0.113. The van der Waals surface area contributed by atoms with Gasteiger partial charge in [-0.15, -0.1) is 0 Å². The van der Waals surface area contributed by atoms with E-state index in [-0.39, 0.29) is 11.8 Å². The molecule has 2 amide bonds. The standard InChI is InChI=1S/C35H39BN4O2/c1-7-24-8-12-26(13-9-24)34(41)37-30-16-18-32-28(21-30)20-29-22-31(17-19-33(29)32)38-35(42)27-14-10-25(11-15-27)23-40(5,6)36-39(2,3)4/h8-19,21-22,36H,7,20,23H2,1-6H3/p+2. The molecule has 0 atom stereocenters. The first-order valence-electron chi connectivity index (χ1n) is 14.6. The van der Waals surface area contributed by atoms with Crippen LogP contribution in [0.3, 0.4) is 0 Å². The molecule has 0 fully saturated rings. The lowest BCUT2D eigenvalue weighted by atomic mass is 9.97. The number of benzene rings is 4. The normalized spacial score (nSPS) is 12.3. The summed E-state index contributed by atoms with van der Waals surface area (Å²) in [4.78, 5) is 25.8. The van der Waals surface area contributed by atoms with Gasteiger partial charge in [-0.05, 0) is 89.2 Å². The highest BCUT2D eigenvalue weighted by molar-refractivity contribution is 6.16. The number of quaternary nitrogens is 2. The molecule has 4 aromatic rings. The Kier molecular flexibility index (Phi) is 8.09. The van der Waals surface area contributed by atoms with Gasteiger partial charge in [0, 0.05) is 28.1 Å². The lowest BCUT2D eigenvalue weighted by molar-refractivity contribution is -0.888. The monoisotopic (exact) mass is 560 g/mol. The summed E-state index contributed by atoms with van der Waals surface area (Å²) in [6, 6.07) is 27.8. The lowest BCUT2D eigenvalue weighted by Gasteiger charge is -2.34. The summed E-state index contributed by atoms with van der Waals surface area (Å²) in [5.41, 5.74) is 9.92. The Hall–Kier alpha value is -4.20. The summed E-state index contributed by atoms with van der Waals surface area (Å²) in [7, 11) is 12.1. The minimum Gasteiger partial charge on any atom is -0.345 e. The number of carbonyl (C=O) groups is 2. The Balaban J connectivity index is 1.22. The number of hydrogen-bond donors (Lipinski definition) is 2. The topological polar surface area (TPSA) is 58.2 Å². The third-order valence-electron chi connectivity index (χ3n) is 7.66. The fourth-order valence-corrected chi connectivity index (χ4v) is 6.12. The zero-order chi connectivity index (χ0) is 30.1. The molecule has 0 unspecified atom stereocenters. The van der Waals surface area contributed by atoms with Crippen LogP contribution in [0, 0.1) is 0 Å². The van der Waals surface area contributed by atoms with Gasteiger partial charge in [0.05, 0.1) is 41.8 Å². The van der Waals surface area contributed by atoms with Crippen LogP contribution in [0.4, 0.5) is 11.4 Å². The first-order valence-corrected chi connectivity index (χ1v) is 14.6. The summed E-state index contributed by atoms with van der Waals surface area (Å²) >= 11 is 0. The molecule has 42 heavy (non-hydrogen) atoms. The molecule has 7 heteroatoms. The largest absolute Gasteiger partial charge is 0.657 e. The second-order valence-electron chi connectivity index (χ2n) is 13.1. The molecule has 2 N–H and O–H groups in total. The van der Waals surface area contributed by atoms with Crippen molar-refractivity contribution in [1.29, 1.82) is 0 Å². The predicted octanol–water partition coefficient (Wildman–Crippen LogP) is 5.87. The van der Waals surface area contributed by atoms with E-state index >= 15 is 0 Å². The van der Waals surface area contributed by atoms with Gasteiger partial charge < -0.3 is 19.4 Å². The van der Waals surface area contributed by atoms with E-state index < -0.39 is 0 Å². The molecule has 5 rings (SSSR count). The van der Waals surface area contributed by atoms with E-state index in [1.807, 2.05) is 54.6 Å². The highest BCUT2D eigenvalue weighted by atomic mass is 16.2. The zero-order valence-corrected chi connectivity index (χ0v) is 25.6. The molecule has 0 heterocycles. The van der Waals surface area contributed by atoms with Crippen LogP contribution < -0.4 is 10.6 Å². The maximum Gasteiger partial charge on any atom is 0.657 e. The predicted molar refractivity (Wildman–Crippen MR) is 174 cm³/mol. The van der Waals surface area contributed by atoms with E-state index in [9.17, 15) is 9.59 Å². The molecule has 0 spiro atoms. The summed E-state index contributed by atoms with van der Waals surface area (Å²) in [6.45, 7) is 3.00. The van der Waals surface area contributed by atoms with Gasteiger partial charge in [-0.3, -0.25) is 9.59 Å². The Morgan fingerprint density at radius 3 is 1.55 bits per heavy atom. The van der Waals surface area contributed by atoms with E-state index in [0.29, 0.717) is 11.1 Å². The van der Waals surface area contributed by atoms with Gasteiger partial charge in [0.25, 0.3) is 11.8 Å². The van der Waals surface area contributed by atoms with Crippen LogP contribution in [0.25, 0.3) is 11.1 Å². The Labute approximate surface area is 250 Å². The van der Waals surface area contributed by atoms with E-state index in [0.717, 1.165) is 69.4 Å². The van der Waals surface area contributed by atoms with E-state index in [1.165, 1.54) is 11.1 Å². The van der Waals surface area contributed by atoms with Crippen LogP contribution in [0.1, 0.15) is 49.9 Å². The molecule has 6 nitrogen and oxygen atoms in total. The molecule has 0 saturated heterocycles. The van der Waals surface area contributed by atoms with Crippen molar-refractivity contribution in [3.8, 4) is 11.1 Å². The van der Waals surface area contributed by atoms with Gasteiger partial charge in [-0.1, -0.05) is 43.3 Å². The molecule has 0 aromatic heterocycles. The lowest BCUT2D eigenvalue weighted by Crippen LogP contribution is -2.56. The van der Waals surface area contributed by atoms with Crippen molar-refractivity contribution in [2.75, 3.05) is 45.9 Å². The smallest absolute Gasteiger partial charge is 0.345 e.